The normalized spacial score (nSPS) is 21.6. The summed E-state index contributed by atoms with van der Waals surface area (Å²) in [6.07, 6.45) is 2.59. The first-order valence-electron chi connectivity index (χ1n) is 4.11. The van der Waals surface area contributed by atoms with Gasteiger partial charge in [0.05, 0.1) is 6.61 Å². The van der Waals surface area contributed by atoms with Gasteiger partial charge in [0.15, 0.2) is 0 Å². The van der Waals surface area contributed by atoms with Gasteiger partial charge in [0.1, 0.15) is 0 Å². The average Bonchev–Trinajstić information content (AvgIpc) is 2.63. The molecule has 1 rings (SSSR count). The second-order valence-corrected chi connectivity index (χ2v) is 3.45. The number of nitrogens with one attached hydrogen (secondary N) is 1. The molecule has 2 N–H and O–H groups in total. The lowest BCUT2D eigenvalue weighted by atomic mass is 10.2. The molecule has 2 heteroatoms. The Morgan fingerprint density at radius 1 is 1.50 bits per heavy atom. The summed E-state index contributed by atoms with van der Waals surface area (Å²) < 4.78 is 0. The van der Waals surface area contributed by atoms with Gasteiger partial charge in [0.2, 0.25) is 0 Å². The van der Waals surface area contributed by atoms with Crippen molar-refractivity contribution in [1.82, 2.24) is 5.32 Å². The SMILES string of the molecule is CC(C)NC(CO)C1CC1. The maximum atomic E-state index is 8.92. The van der Waals surface area contributed by atoms with Crippen LogP contribution in [0.1, 0.15) is 26.7 Å². The van der Waals surface area contributed by atoms with Gasteiger partial charge in [-0.3, -0.25) is 0 Å². The van der Waals surface area contributed by atoms with Crippen molar-refractivity contribution in [2.24, 2.45) is 5.92 Å². The van der Waals surface area contributed by atoms with E-state index in [1.165, 1.54) is 12.8 Å². The first-order valence-corrected chi connectivity index (χ1v) is 4.11. The monoisotopic (exact) mass is 143 g/mol. The molecule has 0 aromatic carbocycles. The zero-order chi connectivity index (χ0) is 7.56. The van der Waals surface area contributed by atoms with Crippen LogP contribution in [0.15, 0.2) is 0 Å². The number of hydrogen-bond donors (Lipinski definition) is 2. The van der Waals surface area contributed by atoms with E-state index in [2.05, 4.69) is 19.2 Å². The Morgan fingerprint density at radius 3 is 2.40 bits per heavy atom. The fourth-order valence-corrected chi connectivity index (χ4v) is 1.26. The molecule has 1 atom stereocenters. The molecule has 10 heavy (non-hydrogen) atoms. The molecule has 0 saturated heterocycles. The standard InChI is InChI=1S/C8H17NO/c1-6(2)9-8(5-10)7-3-4-7/h6-10H,3-5H2,1-2H3. The van der Waals surface area contributed by atoms with E-state index in [1.54, 1.807) is 0 Å². The van der Waals surface area contributed by atoms with Crippen molar-refractivity contribution < 1.29 is 5.11 Å². The van der Waals surface area contributed by atoms with Crippen molar-refractivity contribution in [2.75, 3.05) is 6.61 Å². The highest BCUT2D eigenvalue weighted by atomic mass is 16.3. The van der Waals surface area contributed by atoms with E-state index in [4.69, 9.17) is 5.11 Å². The fraction of sp³-hybridized carbons (Fsp3) is 1.00. The zero-order valence-corrected chi connectivity index (χ0v) is 6.80. The average molecular weight is 143 g/mol. The van der Waals surface area contributed by atoms with E-state index < -0.39 is 0 Å². The van der Waals surface area contributed by atoms with Crippen LogP contribution in [0.25, 0.3) is 0 Å². The second kappa shape index (κ2) is 3.35. The quantitative estimate of drug-likeness (QED) is 0.609. The Hall–Kier alpha value is -0.0800. The van der Waals surface area contributed by atoms with E-state index in [0.29, 0.717) is 18.7 Å². The molecule has 0 aromatic heterocycles. The highest BCUT2D eigenvalue weighted by Crippen LogP contribution is 2.32. The van der Waals surface area contributed by atoms with Crippen molar-refractivity contribution in [3.8, 4) is 0 Å². The van der Waals surface area contributed by atoms with E-state index in [-0.39, 0.29) is 0 Å². The number of aliphatic hydroxyl groups excluding tert-OH is 1. The van der Waals surface area contributed by atoms with Gasteiger partial charge >= 0.3 is 0 Å². The molecule has 1 aliphatic carbocycles. The molecule has 0 spiro atoms. The fourth-order valence-electron chi connectivity index (χ4n) is 1.26. The molecule has 1 saturated carbocycles. The van der Waals surface area contributed by atoms with Crippen molar-refractivity contribution in [1.29, 1.82) is 0 Å². The lowest BCUT2D eigenvalue weighted by Crippen LogP contribution is -2.38. The molecule has 0 bridgehead atoms. The van der Waals surface area contributed by atoms with Crippen molar-refractivity contribution in [2.45, 2.75) is 38.8 Å². The minimum atomic E-state index is 0.294. The van der Waals surface area contributed by atoms with Crippen molar-refractivity contribution in [3.05, 3.63) is 0 Å². The largest absolute Gasteiger partial charge is 0.395 e. The first-order chi connectivity index (χ1) is 4.74. The van der Waals surface area contributed by atoms with Gasteiger partial charge in [-0.25, -0.2) is 0 Å². The van der Waals surface area contributed by atoms with Crippen LogP contribution in [0.2, 0.25) is 0 Å². The molecule has 2 nitrogen and oxygen atoms in total. The van der Waals surface area contributed by atoms with Crippen LogP contribution < -0.4 is 5.32 Å². The summed E-state index contributed by atoms with van der Waals surface area (Å²) in [7, 11) is 0. The molecule has 0 heterocycles. The van der Waals surface area contributed by atoms with Crippen LogP contribution in [0.3, 0.4) is 0 Å². The molecule has 1 aliphatic rings. The molecule has 1 unspecified atom stereocenters. The Kier molecular flexibility index (Phi) is 2.69. The predicted octanol–water partition coefficient (Wildman–Crippen LogP) is 0.755. The van der Waals surface area contributed by atoms with Crippen LogP contribution >= 0.6 is 0 Å². The van der Waals surface area contributed by atoms with Crippen molar-refractivity contribution in [3.63, 3.8) is 0 Å². The molecular formula is C8H17NO. The molecular weight excluding hydrogens is 126 g/mol. The van der Waals surface area contributed by atoms with Crippen LogP contribution in [0, 0.1) is 5.92 Å². The van der Waals surface area contributed by atoms with E-state index in [9.17, 15) is 0 Å². The molecule has 0 radical (unpaired) electrons. The summed E-state index contributed by atoms with van der Waals surface area (Å²) in [5, 5.41) is 12.3. The van der Waals surface area contributed by atoms with Gasteiger partial charge in [-0.15, -0.1) is 0 Å². The smallest absolute Gasteiger partial charge is 0.0587 e. The van der Waals surface area contributed by atoms with Gasteiger partial charge in [-0.05, 0) is 18.8 Å². The summed E-state index contributed by atoms with van der Waals surface area (Å²) in [6.45, 7) is 4.53. The molecule has 0 aliphatic heterocycles. The van der Waals surface area contributed by atoms with Crippen LogP contribution in [0.4, 0.5) is 0 Å². The summed E-state index contributed by atoms with van der Waals surface area (Å²) >= 11 is 0. The third kappa shape index (κ3) is 2.27. The summed E-state index contributed by atoms with van der Waals surface area (Å²) in [5.74, 6) is 0.757. The second-order valence-electron chi connectivity index (χ2n) is 3.45. The summed E-state index contributed by atoms with van der Waals surface area (Å²) in [4.78, 5) is 0. The lowest BCUT2D eigenvalue weighted by Gasteiger charge is -2.17. The van der Waals surface area contributed by atoms with Crippen molar-refractivity contribution >= 4 is 0 Å². The molecule has 1 fully saturated rings. The summed E-state index contributed by atoms with van der Waals surface area (Å²) in [6, 6.07) is 0.859. The van der Waals surface area contributed by atoms with Gasteiger partial charge < -0.3 is 10.4 Å². The van der Waals surface area contributed by atoms with Crippen LogP contribution in [-0.4, -0.2) is 23.8 Å². The maximum absolute atomic E-state index is 8.92. The van der Waals surface area contributed by atoms with Crippen LogP contribution in [0.5, 0.6) is 0 Å². The topological polar surface area (TPSA) is 32.3 Å². The number of rotatable bonds is 4. The Labute approximate surface area is 62.6 Å². The summed E-state index contributed by atoms with van der Waals surface area (Å²) in [5.41, 5.74) is 0. The number of hydrogen-bond acceptors (Lipinski definition) is 2. The van der Waals surface area contributed by atoms with E-state index >= 15 is 0 Å². The highest BCUT2D eigenvalue weighted by Gasteiger charge is 2.30. The van der Waals surface area contributed by atoms with E-state index in [0.717, 1.165) is 5.92 Å². The molecule has 0 aromatic rings. The van der Waals surface area contributed by atoms with Gasteiger partial charge in [-0.1, -0.05) is 13.8 Å². The van der Waals surface area contributed by atoms with Gasteiger partial charge in [0, 0.05) is 12.1 Å². The third-order valence-corrected chi connectivity index (χ3v) is 1.94. The Morgan fingerprint density at radius 2 is 2.10 bits per heavy atom. The van der Waals surface area contributed by atoms with E-state index in [1.807, 2.05) is 0 Å². The molecule has 60 valence electrons. The Balaban J connectivity index is 2.19. The highest BCUT2D eigenvalue weighted by molar-refractivity contribution is 4.86. The third-order valence-electron chi connectivity index (χ3n) is 1.94. The van der Waals surface area contributed by atoms with Gasteiger partial charge in [0.25, 0.3) is 0 Å². The first kappa shape index (κ1) is 8.02. The Bertz CT molecular complexity index is 99.4. The van der Waals surface area contributed by atoms with Crippen LogP contribution in [-0.2, 0) is 0 Å². The number of aliphatic hydroxyl groups is 1. The minimum absolute atomic E-state index is 0.294. The van der Waals surface area contributed by atoms with Gasteiger partial charge in [-0.2, -0.15) is 0 Å². The maximum Gasteiger partial charge on any atom is 0.0587 e. The zero-order valence-electron chi connectivity index (χ0n) is 6.80. The predicted molar refractivity (Wildman–Crippen MR) is 41.9 cm³/mol. The lowest BCUT2D eigenvalue weighted by molar-refractivity contribution is 0.221. The molecule has 0 amide bonds. The minimum Gasteiger partial charge on any atom is -0.395 e.